The van der Waals surface area contributed by atoms with Gasteiger partial charge in [0, 0.05) is 46.4 Å². The van der Waals surface area contributed by atoms with Crippen molar-refractivity contribution in [1.29, 1.82) is 0 Å². The number of hydrogen-bond donors (Lipinski definition) is 0. The number of nitrogens with zero attached hydrogens (tertiary/aromatic N) is 2. The molecule has 0 aliphatic carbocycles. The van der Waals surface area contributed by atoms with Gasteiger partial charge in [-0.05, 0) is 18.6 Å². The molecule has 6 heteroatoms. The summed E-state index contributed by atoms with van der Waals surface area (Å²) in [6, 6.07) is 5.72. The number of ether oxygens (including phenoxy) is 1. The van der Waals surface area contributed by atoms with E-state index in [0.717, 1.165) is 51.0 Å². The first-order valence-electron chi connectivity index (χ1n) is 8.17. The number of rotatable bonds is 6. The van der Waals surface area contributed by atoms with Gasteiger partial charge in [0.25, 0.3) is 0 Å². The predicted molar refractivity (Wildman–Crippen MR) is 89.9 cm³/mol. The Hall–Kier alpha value is -1.37. The van der Waals surface area contributed by atoms with Crippen molar-refractivity contribution in [2.75, 3.05) is 53.0 Å². The van der Waals surface area contributed by atoms with Crippen molar-refractivity contribution in [1.82, 2.24) is 9.80 Å². The fourth-order valence-corrected chi connectivity index (χ4v) is 2.94. The summed E-state index contributed by atoms with van der Waals surface area (Å²) in [5.41, 5.74) is 0.604. The number of hydrogen-bond acceptors (Lipinski definition) is 3. The lowest BCUT2D eigenvalue weighted by atomic mass is 10.0. The average molecular weight is 342 g/mol. The second-order valence-electron chi connectivity index (χ2n) is 6.19. The maximum Gasteiger partial charge on any atom is 0.416 e. The van der Waals surface area contributed by atoms with Crippen LogP contribution in [0.3, 0.4) is 0 Å². The molecule has 1 aromatic carbocycles. The van der Waals surface area contributed by atoms with Gasteiger partial charge in [-0.15, -0.1) is 0 Å². The van der Waals surface area contributed by atoms with Gasteiger partial charge in [0.1, 0.15) is 0 Å². The molecule has 1 aliphatic heterocycles. The summed E-state index contributed by atoms with van der Waals surface area (Å²) in [6.07, 6.45) is -2.67. The summed E-state index contributed by atoms with van der Waals surface area (Å²) < 4.78 is 44.2. The molecule has 0 N–H and O–H groups in total. The minimum absolute atomic E-state index is 0.237. The lowest BCUT2D eigenvalue weighted by molar-refractivity contribution is -0.137. The molecule has 1 saturated heterocycles. The van der Waals surface area contributed by atoms with Crippen LogP contribution in [0.15, 0.2) is 29.8 Å². The molecule has 0 bridgehead atoms. The van der Waals surface area contributed by atoms with E-state index in [1.807, 2.05) is 6.92 Å². The third-order valence-electron chi connectivity index (χ3n) is 4.22. The summed E-state index contributed by atoms with van der Waals surface area (Å²) in [6.45, 7) is 8.04. The van der Waals surface area contributed by atoms with Crippen LogP contribution in [-0.2, 0) is 10.9 Å². The highest BCUT2D eigenvalue weighted by Gasteiger charge is 2.32. The van der Waals surface area contributed by atoms with E-state index in [4.69, 9.17) is 4.74 Å². The van der Waals surface area contributed by atoms with Crippen molar-refractivity contribution < 1.29 is 17.9 Å². The Morgan fingerprint density at radius 2 is 1.75 bits per heavy atom. The van der Waals surface area contributed by atoms with Crippen LogP contribution in [0.1, 0.15) is 18.1 Å². The van der Waals surface area contributed by atoms with E-state index >= 15 is 0 Å². The highest BCUT2D eigenvalue weighted by Crippen LogP contribution is 2.32. The summed E-state index contributed by atoms with van der Waals surface area (Å²) in [5, 5.41) is 0. The number of alkyl halides is 3. The SMILES string of the molecule is COCCN1CCN(C/C(C)=C/c2ccccc2C(F)(F)F)CC1. The standard InChI is InChI=1S/C18H25F3N2O/c1-15(13-16-5-3-4-6-17(16)18(19,20)21)14-23-9-7-22(8-10-23)11-12-24-2/h3-6,13H,7-12,14H2,1-2H3/b15-13+. The van der Waals surface area contributed by atoms with Gasteiger partial charge in [-0.1, -0.05) is 29.8 Å². The van der Waals surface area contributed by atoms with Crippen LogP contribution in [0.5, 0.6) is 0 Å². The Bertz CT molecular complexity index is 549. The van der Waals surface area contributed by atoms with Gasteiger partial charge in [-0.3, -0.25) is 9.80 Å². The van der Waals surface area contributed by atoms with Crippen molar-refractivity contribution in [3.8, 4) is 0 Å². The normalized spacial score (nSPS) is 18.1. The molecule has 1 fully saturated rings. The first-order chi connectivity index (χ1) is 11.4. The number of methoxy groups -OCH3 is 1. The minimum Gasteiger partial charge on any atom is -0.383 e. The molecule has 2 rings (SSSR count). The monoisotopic (exact) mass is 342 g/mol. The largest absolute Gasteiger partial charge is 0.416 e. The second kappa shape index (κ2) is 8.65. The average Bonchev–Trinajstić information content (AvgIpc) is 2.53. The Balaban J connectivity index is 1.94. The van der Waals surface area contributed by atoms with Crippen molar-refractivity contribution in [2.45, 2.75) is 13.1 Å². The minimum atomic E-state index is -4.32. The molecule has 1 heterocycles. The maximum atomic E-state index is 13.0. The van der Waals surface area contributed by atoms with Crippen molar-refractivity contribution in [3.05, 3.63) is 41.0 Å². The van der Waals surface area contributed by atoms with E-state index in [9.17, 15) is 13.2 Å². The molecule has 0 aromatic heterocycles. The highest BCUT2D eigenvalue weighted by molar-refractivity contribution is 5.57. The Kier molecular flexibility index (Phi) is 6.83. The Labute approximate surface area is 141 Å². The van der Waals surface area contributed by atoms with Crippen LogP contribution in [0.2, 0.25) is 0 Å². The van der Waals surface area contributed by atoms with Gasteiger partial charge >= 0.3 is 6.18 Å². The second-order valence-corrected chi connectivity index (χ2v) is 6.19. The highest BCUT2D eigenvalue weighted by atomic mass is 19.4. The topological polar surface area (TPSA) is 15.7 Å². The molecule has 3 nitrogen and oxygen atoms in total. The molecule has 1 aliphatic rings. The smallest absolute Gasteiger partial charge is 0.383 e. The van der Waals surface area contributed by atoms with Gasteiger partial charge in [0.05, 0.1) is 12.2 Å². The van der Waals surface area contributed by atoms with E-state index < -0.39 is 11.7 Å². The van der Waals surface area contributed by atoms with Gasteiger partial charge in [0.15, 0.2) is 0 Å². The predicted octanol–water partition coefficient (Wildman–Crippen LogP) is 3.37. The molecule has 0 saturated carbocycles. The first kappa shape index (κ1) is 19.0. The lowest BCUT2D eigenvalue weighted by Crippen LogP contribution is -2.47. The molecule has 1 aromatic rings. The third-order valence-corrected chi connectivity index (χ3v) is 4.22. The van der Waals surface area contributed by atoms with E-state index in [2.05, 4.69) is 9.80 Å². The number of benzene rings is 1. The van der Waals surface area contributed by atoms with Gasteiger partial charge in [-0.2, -0.15) is 13.2 Å². The van der Waals surface area contributed by atoms with E-state index in [1.54, 1.807) is 19.3 Å². The molecule has 0 unspecified atom stereocenters. The van der Waals surface area contributed by atoms with Crippen LogP contribution in [0.4, 0.5) is 13.2 Å². The summed E-state index contributed by atoms with van der Waals surface area (Å²) in [4.78, 5) is 4.63. The summed E-state index contributed by atoms with van der Waals surface area (Å²) in [7, 11) is 1.70. The Morgan fingerprint density at radius 3 is 2.38 bits per heavy atom. The van der Waals surface area contributed by atoms with E-state index in [0.29, 0.717) is 6.54 Å². The molecule has 0 amide bonds. The molecule has 134 valence electrons. The number of piperazine rings is 1. The molecule has 24 heavy (non-hydrogen) atoms. The zero-order valence-electron chi connectivity index (χ0n) is 14.3. The van der Waals surface area contributed by atoms with Crippen LogP contribution >= 0.6 is 0 Å². The van der Waals surface area contributed by atoms with Crippen molar-refractivity contribution >= 4 is 6.08 Å². The molecular formula is C18H25F3N2O. The fraction of sp³-hybridized carbons (Fsp3) is 0.556. The summed E-state index contributed by atoms with van der Waals surface area (Å²) in [5.74, 6) is 0. The van der Waals surface area contributed by atoms with E-state index in [1.165, 1.54) is 12.1 Å². The summed E-state index contributed by atoms with van der Waals surface area (Å²) >= 11 is 0. The van der Waals surface area contributed by atoms with Gasteiger partial charge in [0.2, 0.25) is 0 Å². The van der Waals surface area contributed by atoms with Crippen LogP contribution < -0.4 is 0 Å². The van der Waals surface area contributed by atoms with Gasteiger partial charge < -0.3 is 4.74 Å². The first-order valence-corrected chi connectivity index (χ1v) is 8.17. The Morgan fingerprint density at radius 1 is 1.12 bits per heavy atom. The van der Waals surface area contributed by atoms with E-state index in [-0.39, 0.29) is 5.56 Å². The van der Waals surface area contributed by atoms with Crippen LogP contribution in [0.25, 0.3) is 6.08 Å². The maximum absolute atomic E-state index is 13.0. The zero-order chi connectivity index (χ0) is 17.6. The van der Waals surface area contributed by atoms with Crippen molar-refractivity contribution in [2.24, 2.45) is 0 Å². The van der Waals surface area contributed by atoms with Crippen LogP contribution in [-0.4, -0.2) is 62.8 Å². The quantitative estimate of drug-likeness (QED) is 0.788. The number of halogens is 3. The zero-order valence-corrected chi connectivity index (χ0v) is 14.3. The molecule has 0 atom stereocenters. The third kappa shape index (κ3) is 5.61. The fourth-order valence-electron chi connectivity index (χ4n) is 2.94. The van der Waals surface area contributed by atoms with Crippen molar-refractivity contribution in [3.63, 3.8) is 0 Å². The lowest BCUT2D eigenvalue weighted by Gasteiger charge is -2.34. The van der Waals surface area contributed by atoms with Gasteiger partial charge in [-0.25, -0.2) is 0 Å². The molecular weight excluding hydrogens is 317 g/mol. The molecule has 0 radical (unpaired) electrons. The van der Waals surface area contributed by atoms with Crippen LogP contribution in [0, 0.1) is 0 Å². The molecule has 0 spiro atoms.